The van der Waals surface area contributed by atoms with E-state index in [1.165, 1.54) is 0 Å². The zero-order valence-electron chi connectivity index (χ0n) is 11.1. The van der Waals surface area contributed by atoms with Crippen LogP contribution in [0.4, 0.5) is 10.6 Å². The minimum absolute atomic E-state index is 0.449. The molecule has 100 valence electrons. The lowest BCUT2D eigenvalue weighted by Crippen LogP contribution is -2.36. The van der Waals surface area contributed by atoms with E-state index in [1.807, 2.05) is 24.3 Å². The molecule has 0 aliphatic carbocycles. The molecule has 0 bridgehead atoms. The van der Waals surface area contributed by atoms with Gasteiger partial charge in [-0.05, 0) is 32.9 Å². The van der Waals surface area contributed by atoms with E-state index >= 15 is 0 Å². The standard InChI is InChI=1S/C13H16N4O2/c1-13(2,3)19-12(18)17-16-11-8-14-9-6-4-5-7-10(9)15-11/h4-8H,1-3H3,(H,15,16)(H,17,18). The number of hydrogen-bond donors (Lipinski definition) is 2. The summed E-state index contributed by atoms with van der Waals surface area (Å²) in [5.41, 5.74) is 6.07. The van der Waals surface area contributed by atoms with E-state index in [-0.39, 0.29) is 0 Å². The Balaban J connectivity index is 2.00. The highest BCUT2D eigenvalue weighted by molar-refractivity contribution is 5.75. The summed E-state index contributed by atoms with van der Waals surface area (Å²) in [6, 6.07) is 7.49. The zero-order valence-corrected chi connectivity index (χ0v) is 11.1. The highest BCUT2D eigenvalue weighted by atomic mass is 16.6. The number of carbonyl (C=O) groups excluding carboxylic acids is 1. The Morgan fingerprint density at radius 1 is 1.21 bits per heavy atom. The average Bonchev–Trinajstić information content (AvgIpc) is 2.34. The molecule has 2 aromatic rings. The number of amides is 1. The van der Waals surface area contributed by atoms with Crippen molar-refractivity contribution in [3.63, 3.8) is 0 Å². The number of hydrogen-bond acceptors (Lipinski definition) is 5. The molecule has 0 radical (unpaired) electrons. The number of nitrogens with zero attached hydrogens (tertiary/aromatic N) is 2. The molecular weight excluding hydrogens is 244 g/mol. The summed E-state index contributed by atoms with van der Waals surface area (Å²) in [6.45, 7) is 5.38. The van der Waals surface area contributed by atoms with E-state index in [4.69, 9.17) is 4.74 Å². The Hall–Kier alpha value is -2.37. The second kappa shape index (κ2) is 5.09. The molecule has 1 heterocycles. The molecule has 6 nitrogen and oxygen atoms in total. The number of benzene rings is 1. The van der Waals surface area contributed by atoms with Gasteiger partial charge in [0, 0.05) is 0 Å². The van der Waals surface area contributed by atoms with Crippen molar-refractivity contribution in [1.82, 2.24) is 15.4 Å². The van der Waals surface area contributed by atoms with Crippen LogP contribution in [0.1, 0.15) is 20.8 Å². The van der Waals surface area contributed by atoms with E-state index in [1.54, 1.807) is 27.0 Å². The summed E-state index contributed by atoms with van der Waals surface area (Å²) < 4.78 is 5.09. The van der Waals surface area contributed by atoms with Gasteiger partial charge in [0.15, 0.2) is 5.82 Å². The van der Waals surface area contributed by atoms with Gasteiger partial charge in [0.2, 0.25) is 0 Å². The number of hydrazine groups is 1. The number of anilines is 1. The second-order valence-electron chi connectivity index (χ2n) is 5.00. The Morgan fingerprint density at radius 3 is 2.58 bits per heavy atom. The van der Waals surface area contributed by atoms with Gasteiger partial charge in [0.1, 0.15) is 5.60 Å². The number of para-hydroxylation sites is 2. The van der Waals surface area contributed by atoms with Crippen molar-refractivity contribution in [1.29, 1.82) is 0 Å². The quantitative estimate of drug-likeness (QED) is 0.811. The molecule has 2 rings (SSSR count). The van der Waals surface area contributed by atoms with Crippen LogP contribution in [-0.4, -0.2) is 21.7 Å². The minimum Gasteiger partial charge on any atom is -0.443 e. The van der Waals surface area contributed by atoms with Crippen LogP contribution in [0.25, 0.3) is 11.0 Å². The van der Waals surface area contributed by atoms with E-state index in [0.717, 1.165) is 11.0 Å². The van der Waals surface area contributed by atoms with Crippen LogP contribution in [0, 0.1) is 0 Å². The molecule has 1 amide bonds. The molecular formula is C13H16N4O2. The maximum atomic E-state index is 11.5. The van der Waals surface area contributed by atoms with Crippen molar-refractivity contribution in [2.75, 3.05) is 5.43 Å². The molecule has 2 N–H and O–H groups in total. The zero-order chi connectivity index (χ0) is 13.9. The number of carbonyl (C=O) groups is 1. The smallest absolute Gasteiger partial charge is 0.426 e. The first-order valence-corrected chi connectivity index (χ1v) is 5.91. The number of aromatic nitrogens is 2. The summed E-state index contributed by atoms with van der Waals surface area (Å²) in [6.07, 6.45) is 0.974. The molecule has 1 aromatic carbocycles. The summed E-state index contributed by atoms with van der Waals surface area (Å²) in [4.78, 5) is 20.0. The van der Waals surface area contributed by atoms with Crippen LogP contribution >= 0.6 is 0 Å². The number of nitrogens with one attached hydrogen (secondary N) is 2. The highest BCUT2D eigenvalue weighted by Crippen LogP contribution is 2.11. The maximum Gasteiger partial charge on any atom is 0.426 e. The molecule has 0 unspecified atom stereocenters. The van der Waals surface area contributed by atoms with Crippen molar-refractivity contribution in [3.8, 4) is 0 Å². The summed E-state index contributed by atoms with van der Waals surface area (Å²) in [7, 11) is 0. The van der Waals surface area contributed by atoms with Crippen LogP contribution in [-0.2, 0) is 4.74 Å². The Morgan fingerprint density at radius 2 is 1.89 bits per heavy atom. The van der Waals surface area contributed by atoms with Gasteiger partial charge >= 0.3 is 6.09 Å². The molecule has 19 heavy (non-hydrogen) atoms. The van der Waals surface area contributed by atoms with Crippen LogP contribution in [0.5, 0.6) is 0 Å². The molecule has 0 spiro atoms. The maximum absolute atomic E-state index is 11.5. The van der Waals surface area contributed by atoms with Gasteiger partial charge < -0.3 is 4.74 Å². The molecule has 0 aliphatic rings. The molecule has 0 saturated carbocycles. The topological polar surface area (TPSA) is 76.1 Å². The first kappa shape index (κ1) is 13.1. The normalized spacial score (nSPS) is 11.1. The van der Waals surface area contributed by atoms with Gasteiger partial charge in [-0.3, -0.25) is 10.4 Å². The molecule has 1 aromatic heterocycles. The van der Waals surface area contributed by atoms with Crippen molar-refractivity contribution >= 4 is 22.9 Å². The van der Waals surface area contributed by atoms with E-state index in [0.29, 0.717) is 5.82 Å². The summed E-state index contributed by atoms with van der Waals surface area (Å²) in [5.74, 6) is 0.449. The Labute approximate surface area is 111 Å². The number of ether oxygens (including phenoxy) is 1. The molecule has 0 atom stereocenters. The summed E-state index contributed by atoms with van der Waals surface area (Å²) in [5, 5.41) is 0. The van der Waals surface area contributed by atoms with Crippen molar-refractivity contribution in [2.45, 2.75) is 26.4 Å². The third-order valence-corrected chi connectivity index (χ3v) is 2.14. The van der Waals surface area contributed by atoms with Crippen molar-refractivity contribution in [3.05, 3.63) is 30.5 Å². The lowest BCUT2D eigenvalue weighted by atomic mass is 10.2. The first-order chi connectivity index (χ1) is 8.94. The van der Waals surface area contributed by atoms with Gasteiger partial charge in [-0.1, -0.05) is 12.1 Å². The predicted molar refractivity (Wildman–Crippen MR) is 72.5 cm³/mol. The predicted octanol–water partition coefficient (Wildman–Crippen LogP) is 2.48. The van der Waals surface area contributed by atoms with Crippen molar-refractivity contribution in [2.24, 2.45) is 0 Å². The fourth-order valence-electron chi connectivity index (χ4n) is 1.44. The van der Waals surface area contributed by atoms with Gasteiger partial charge in [-0.15, -0.1) is 0 Å². The van der Waals surface area contributed by atoms with Crippen LogP contribution < -0.4 is 10.9 Å². The minimum atomic E-state index is -0.567. The highest BCUT2D eigenvalue weighted by Gasteiger charge is 2.15. The van der Waals surface area contributed by atoms with E-state index in [9.17, 15) is 4.79 Å². The molecule has 0 saturated heterocycles. The lowest BCUT2D eigenvalue weighted by Gasteiger charge is -2.19. The summed E-state index contributed by atoms with van der Waals surface area (Å²) >= 11 is 0. The first-order valence-electron chi connectivity index (χ1n) is 5.91. The van der Waals surface area contributed by atoms with E-state index < -0.39 is 11.7 Å². The van der Waals surface area contributed by atoms with E-state index in [2.05, 4.69) is 20.8 Å². The third-order valence-electron chi connectivity index (χ3n) is 2.14. The van der Waals surface area contributed by atoms with Gasteiger partial charge in [-0.25, -0.2) is 15.2 Å². The fraction of sp³-hybridized carbons (Fsp3) is 0.308. The molecule has 0 aliphatic heterocycles. The van der Waals surface area contributed by atoms with Crippen LogP contribution in [0.15, 0.2) is 30.5 Å². The average molecular weight is 260 g/mol. The number of fused-ring (bicyclic) bond motifs is 1. The van der Waals surface area contributed by atoms with Crippen LogP contribution in [0.3, 0.4) is 0 Å². The van der Waals surface area contributed by atoms with Gasteiger partial charge in [0.05, 0.1) is 17.2 Å². The number of rotatable bonds is 2. The van der Waals surface area contributed by atoms with Gasteiger partial charge in [-0.2, -0.15) is 0 Å². The van der Waals surface area contributed by atoms with Crippen LogP contribution in [0.2, 0.25) is 0 Å². The Bertz CT molecular complexity index is 592. The molecule has 6 heteroatoms. The fourth-order valence-corrected chi connectivity index (χ4v) is 1.44. The second-order valence-corrected chi connectivity index (χ2v) is 5.00. The van der Waals surface area contributed by atoms with Crippen molar-refractivity contribution < 1.29 is 9.53 Å². The monoisotopic (exact) mass is 260 g/mol. The lowest BCUT2D eigenvalue weighted by molar-refractivity contribution is 0.0541. The largest absolute Gasteiger partial charge is 0.443 e. The SMILES string of the molecule is CC(C)(C)OC(=O)NNc1cnc2ccccc2n1. The third kappa shape index (κ3) is 3.80. The molecule has 0 fully saturated rings. The Kier molecular flexibility index (Phi) is 3.50. The van der Waals surface area contributed by atoms with Gasteiger partial charge in [0.25, 0.3) is 0 Å².